The fraction of sp³-hybridized carbons (Fsp3) is 0.611. The van der Waals surface area contributed by atoms with E-state index in [1.54, 1.807) is 19.1 Å². The van der Waals surface area contributed by atoms with Gasteiger partial charge >= 0.3 is 0 Å². The van der Waals surface area contributed by atoms with Crippen LogP contribution in [0.4, 0.5) is 0 Å². The summed E-state index contributed by atoms with van der Waals surface area (Å²) < 4.78 is 10.6. The van der Waals surface area contributed by atoms with Crippen LogP contribution in [0.5, 0.6) is 11.5 Å². The molecule has 1 unspecified atom stereocenters. The van der Waals surface area contributed by atoms with Crippen LogP contribution >= 0.6 is 12.4 Å². The number of nitrogens with zero attached hydrogens (tertiary/aromatic N) is 2. The van der Waals surface area contributed by atoms with Crippen molar-refractivity contribution in [3.8, 4) is 11.5 Å². The lowest BCUT2D eigenvalue weighted by Gasteiger charge is -2.24. The number of nitrogens with two attached hydrogens (primary N) is 1. The molecule has 1 aromatic rings. The second-order valence-electron chi connectivity index (χ2n) is 6.91. The zero-order valence-electron chi connectivity index (χ0n) is 15.6. The molecule has 0 bridgehead atoms. The molecule has 0 radical (unpaired) electrons. The fourth-order valence-electron chi connectivity index (χ4n) is 3.08. The molecule has 1 fully saturated rings. The van der Waals surface area contributed by atoms with E-state index in [1.165, 1.54) is 0 Å². The molecule has 2 rings (SSSR count). The number of amides is 1. The minimum Gasteiger partial charge on any atom is -0.493 e. The molecule has 0 aliphatic carbocycles. The predicted molar refractivity (Wildman–Crippen MR) is 101 cm³/mol. The van der Waals surface area contributed by atoms with E-state index in [9.17, 15) is 4.79 Å². The molecule has 1 amide bonds. The van der Waals surface area contributed by atoms with Gasteiger partial charge in [-0.3, -0.25) is 9.69 Å². The van der Waals surface area contributed by atoms with Crippen molar-refractivity contribution in [3.05, 3.63) is 23.8 Å². The van der Waals surface area contributed by atoms with Crippen LogP contribution in [0.2, 0.25) is 0 Å². The Hall–Kier alpha value is -1.50. The maximum atomic E-state index is 12.5. The Balaban J connectivity index is 0.00000312. The van der Waals surface area contributed by atoms with Gasteiger partial charge in [0.2, 0.25) is 5.91 Å². The Morgan fingerprint density at radius 3 is 2.56 bits per heavy atom. The number of benzene rings is 1. The first-order valence-corrected chi connectivity index (χ1v) is 8.28. The van der Waals surface area contributed by atoms with Crippen molar-refractivity contribution in [2.45, 2.75) is 19.9 Å². The SMILES string of the molecule is COc1ccc(CN(C)C(=O)CN2CCC(C)(CN)C2)cc1OC.Cl. The van der Waals surface area contributed by atoms with E-state index >= 15 is 0 Å². The van der Waals surface area contributed by atoms with Crippen molar-refractivity contribution >= 4 is 18.3 Å². The second kappa shape index (κ2) is 9.27. The average Bonchev–Trinajstić information content (AvgIpc) is 2.96. The maximum Gasteiger partial charge on any atom is 0.236 e. The van der Waals surface area contributed by atoms with Crippen molar-refractivity contribution in [3.63, 3.8) is 0 Å². The van der Waals surface area contributed by atoms with Crippen LogP contribution in [-0.2, 0) is 11.3 Å². The topological polar surface area (TPSA) is 68.0 Å². The van der Waals surface area contributed by atoms with E-state index in [1.807, 2.05) is 25.2 Å². The number of rotatable bonds is 7. The number of ether oxygens (including phenoxy) is 2. The number of hydrogen-bond donors (Lipinski definition) is 1. The van der Waals surface area contributed by atoms with Crippen molar-refractivity contribution in [2.75, 3.05) is 47.4 Å². The van der Waals surface area contributed by atoms with Gasteiger partial charge in [-0.05, 0) is 42.6 Å². The lowest BCUT2D eigenvalue weighted by atomic mass is 9.90. The lowest BCUT2D eigenvalue weighted by molar-refractivity contribution is -0.131. The first-order chi connectivity index (χ1) is 11.4. The summed E-state index contributed by atoms with van der Waals surface area (Å²) in [5.74, 6) is 1.48. The molecule has 1 saturated heterocycles. The summed E-state index contributed by atoms with van der Waals surface area (Å²) in [5, 5.41) is 0. The number of likely N-dealkylation sites (tertiary alicyclic amines) is 1. The van der Waals surface area contributed by atoms with E-state index in [0.717, 1.165) is 25.1 Å². The molecule has 2 N–H and O–H groups in total. The zero-order chi connectivity index (χ0) is 17.7. The van der Waals surface area contributed by atoms with Crippen LogP contribution in [0, 0.1) is 5.41 Å². The summed E-state index contributed by atoms with van der Waals surface area (Å²) >= 11 is 0. The minimum atomic E-state index is 0. The number of methoxy groups -OCH3 is 2. The highest BCUT2D eigenvalue weighted by Gasteiger charge is 2.33. The first-order valence-electron chi connectivity index (χ1n) is 8.28. The highest BCUT2D eigenvalue weighted by molar-refractivity contribution is 5.85. The van der Waals surface area contributed by atoms with Crippen molar-refractivity contribution in [2.24, 2.45) is 11.1 Å². The molecule has 1 aliphatic heterocycles. The molecule has 1 aromatic carbocycles. The molecule has 1 aliphatic rings. The molecule has 1 atom stereocenters. The van der Waals surface area contributed by atoms with Gasteiger partial charge in [-0.2, -0.15) is 0 Å². The van der Waals surface area contributed by atoms with Gasteiger partial charge in [-0.25, -0.2) is 0 Å². The maximum absolute atomic E-state index is 12.5. The molecule has 1 heterocycles. The molecule has 25 heavy (non-hydrogen) atoms. The van der Waals surface area contributed by atoms with Gasteiger partial charge in [0.25, 0.3) is 0 Å². The lowest BCUT2D eigenvalue weighted by Crippen LogP contribution is -2.39. The molecule has 7 heteroatoms. The Morgan fingerprint density at radius 1 is 1.32 bits per heavy atom. The van der Waals surface area contributed by atoms with Crippen LogP contribution in [0.25, 0.3) is 0 Å². The van der Waals surface area contributed by atoms with Crippen LogP contribution in [0.1, 0.15) is 18.9 Å². The van der Waals surface area contributed by atoms with Crippen molar-refractivity contribution in [1.82, 2.24) is 9.80 Å². The van der Waals surface area contributed by atoms with Gasteiger partial charge in [0.05, 0.1) is 20.8 Å². The van der Waals surface area contributed by atoms with E-state index in [-0.39, 0.29) is 23.7 Å². The summed E-state index contributed by atoms with van der Waals surface area (Å²) in [7, 11) is 5.05. The Kier molecular flexibility index (Phi) is 7.99. The standard InChI is InChI=1S/C18H29N3O3.ClH/c1-18(12-19)7-8-21(13-18)11-17(22)20(2)10-14-5-6-15(23-3)16(9-14)24-4;/h5-6,9H,7-8,10-13,19H2,1-4H3;1H. The molecule has 0 saturated carbocycles. The molecule has 0 aromatic heterocycles. The zero-order valence-corrected chi connectivity index (χ0v) is 16.4. The highest BCUT2D eigenvalue weighted by Crippen LogP contribution is 2.29. The molecular formula is C18H30ClN3O3. The first kappa shape index (κ1) is 21.5. The van der Waals surface area contributed by atoms with Gasteiger partial charge < -0.3 is 20.1 Å². The third kappa shape index (κ3) is 5.49. The number of carbonyl (C=O) groups excluding carboxylic acids is 1. The summed E-state index contributed by atoms with van der Waals surface area (Å²) in [6.07, 6.45) is 1.05. The van der Waals surface area contributed by atoms with Gasteiger partial charge in [0.1, 0.15) is 0 Å². The summed E-state index contributed by atoms with van der Waals surface area (Å²) in [4.78, 5) is 16.4. The van der Waals surface area contributed by atoms with Gasteiger partial charge in [-0.1, -0.05) is 13.0 Å². The number of hydrogen-bond acceptors (Lipinski definition) is 5. The number of carbonyl (C=O) groups is 1. The molecule has 0 spiro atoms. The number of halogens is 1. The normalized spacial score (nSPS) is 20.0. The van der Waals surface area contributed by atoms with Crippen LogP contribution in [0.15, 0.2) is 18.2 Å². The predicted octanol–water partition coefficient (Wildman–Crippen LogP) is 1.75. The third-order valence-electron chi connectivity index (χ3n) is 4.78. The molecular weight excluding hydrogens is 342 g/mol. The van der Waals surface area contributed by atoms with Crippen molar-refractivity contribution < 1.29 is 14.3 Å². The van der Waals surface area contributed by atoms with Crippen molar-refractivity contribution in [1.29, 1.82) is 0 Å². The summed E-state index contributed by atoms with van der Waals surface area (Å²) in [6, 6.07) is 5.72. The fourth-order valence-corrected chi connectivity index (χ4v) is 3.08. The van der Waals surface area contributed by atoms with E-state index in [0.29, 0.717) is 31.1 Å². The Labute approximate surface area is 156 Å². The van der Waals surface area contributed by atoms with Gasteiger partial charge in [0.15, 0.2) is 11.5 Å². The largest absolute Gasteiger partial charge is 0.493 e. The number of likely N-dealkylation sites (N-methyl/N-ethyl adjacent to an activating group) is 1. The molecule has 6 nitrogen and oxygen atoms in total. The summed E-state index contributed by atoms with van der Waals surface area (Å²) in [5.41, 5.74) is 6.98. The van der Waals surface area contributed by atoms with E-state index in [4.69, 9.17) is 15.2 Å². The smallest absolute Gasteiger partial charge is 0.236 e. The van der Waals surface area contributed by atoms with Crippen LogP contribution in [0.3, 0.4) is 0 Å². The second-order valence-corrected chi connectivity index (χ2v) is 6.91. The van der Waals surface area contributed by atoms with Gasteiger partial charge in [0, 0.05) is 20.1 Å². The average molecular weight is 372 g/mol. The minimum absolute atomic E-state index is 0. The highest BCUT2D eigenvalue weighted by atomic mass is 35.5. The van der Waals surface area contributed by atoms with E-state index in [2.05, 4.69) is 11.8 Å². The van der Waals surface area contributed by atoms with E-state index < -0.39 is 0 Å². The molecule has 142 valence electrons. The quantitative estimate of drug-likeness (QED) is 0.791. The Morgan fingerprint density at radius 2 is 2.00 bits per heavy atom. The van der Waals surface area contributed by atoms with Crippen LogP contribution in [-0.4, -0.2) is 63.2 Å². The Bertz CT molecular complexity index is 585. The van der Waals surface area contributed by atoms with Crippen LogP contribution < -0.4 is 15.2 Å². The monoisotopic (exact) mass is 371 g/mol. The van der Waals surface area contributed by atoms with Gasteiger partial charge in [-0.15, -0.1) is 12.4 Å². The summed E-state index contributed by atoms with van der Waals surface area (Å²) in [6.45, 7) is 5.66. The third-order valence-corrected chi connectivity index (χ3v) is 4.78.